The van der Waals surface area contributed by atoms with Crippen LogP contribution in [0.1, 0.15) is 29.5 Å². The van der Waals surface area contributed by atoms with Crippen molar-refractivity contribution in [2.24, 2.45) is 0 Å². The first-order valence-corrected chi connectivity index (χ1v) is 8.97. The van der Waals surface area contributed by atoms with E-state index in [0.717, 1.165) is 24.0 Å². The summed E-state index contributed by atoms with van der Waals surface area (Å²) in [6.07, 6.45) is 2.34. The van der Waals surface area contributed by atoms with Crippen molar-refractivity contribution in [3.05, 3.63) is 69.4 Å². The maximum Gasteiger partial charge on any atom is 0.325 e. The molecule has 1 aliphatic heterocycles. The third kappa shape index (κ3) is 2.56. The summed E-state index contributed by atoms with van der Waals surface area (Å²) in [5.41, 5.74) is 1.71. The third-order valence-electron chi connectivity index (χ3n) is 4.99. The number of carbonyl (C=O) groups is 2. The molecule has 2 aromatic carbocycles. The summed E-state index contributed by atoms with van der Waals surface area (Å²) in [5.74, 6) is -0.605. The molecule has 25 heavy (non-hydrogen) atoms. The van der Waals surface area contributed by atoms with Crippen molar-refractivity contribution in [2.45, 2.75) is 31.3 Å². The van der Waals surface area contributed by atoms with Crippen LogP contribution in [0.25, 0.3) is 0 Å². The van der Waals surface area contributed by atoms with Crippen LogP contribution in [0.15, 0.2) is 46.9 Å². The lowest BCUT2D eigenvalue weighted by atomic mass is 9.76. The van der Waals surface area contributed by atoms with Gasteiger partial charge in [-0.3, -0.25) is 9.69 Å². The summed E-state index contributed by atoms with van der Waals surface area (Å²) in [4.78, 5) is 27.0. The number of benzene rings is 2. The van der Waals surface area contributed by atoms with Crippen molar-refractivity contribution < 1.29 is 14.0 Å². The van der Waals surface area contributed by atoms with Crippen molar-refractivity contribution in [1.29, 1.82) is 0 Å². The summed E-state index contributed by atoms with van der Waals surface area (Å²) in [6.45, 7) is 0.107. The molecule has 1 saturated heterocycles. The van der Waals surface area contributed by atoms with E-state index in [-0.39, 0.29) is 18.3 Å². The van der Waals surface area contributed by atoms with Gasteiger partial charge in [-0.25, -0.2) is 9.18 Å². The number of nitrogens with one attached hydrogen (secondary N) is 1. The maximum atomic E-state index is 13.3. The van der Waals surface area contributed by atoms with Gasteiger partial charge in [0, 0.05) is 4.47 Å². The zero-order valence-corrected chi connectivity index (χ0v) is 15.0. The molecule has 6 heteroatoms. The number of hydrogen-bond donors (Lipinski definition) is 1. The van der Waals surface area contributed by atoms with Gasteiger partial charge in [-0.05, 0) is 48.1 Å². The van der Waals surface area contributed by atoms with Crippen molar-refractivity contribution in [3.8, 4) is 0 Å². The van der Waals surface area contributed by atoms with E-state index in [1.807, 2.05) is 24.3 Å². The molecule has 2 aliphatic rings. The lowest BCUT2D eigenvalue weighted by Crippen LogP contribution is -2.46. The van der Waals surface area contributed by atoms with Gasteiger partial charge in [0.25, 0.3) is 5.91 Å². The van der Waals surface area contributed by atoms with E-state index in [9.17, 15) is 14.0 Å². The highest BCUT2D eigenvalue weighted by Crippen LogP contribution is 2.40. The van der Waals surface area contributed by atoms with Gasteiger partial charge in [-0.1, -0.05) is 46.3 Å². The Morgan fingerprint density at radius 3 is 2.80 bits per heavy atom. The van der Waals surface area contributed by atoms with Gasteiger partial charge in [0.2, 0.25) is 0 Å². The Morgan fingerprint density at radius 2 is 2.00 bits per heavy atom. The van der Waals surface area contributed by atoms with Gasteiger partial charge in [0.15, 0.2) is 0 Å². The zero-order valence-electron chi connectivity index (χ0n) is 13.4. The molecule has 4 rings (SSSR count). The molecule has 1 fully saturated rings. The van der Waals surface area contributed by atoms with Gasteiger partial charge < -0.3 is 5.32 Å². The van der Waals surface area contributed by atoms with Crippen LogP contribution in [-0.4, -0.2) is 16.8 Å². The van der Waals surface area contributed by atoms with Crippen molar-refractivity contribution >= 4 is 27.9 Å². The molecule has 0 bridgehead atoms. The average Bonchev–Trinajstić information content (AvgIpc) is 2.82. The second kappa shape index (κ2) is 5.95. The van der Waals surface area contributed by atoms with E-state index in [1.54, 1.807) is 6.07 Å². The van der Waals surface area contributed by atoms with Gasteiger partial charge in [0.1, 0.15) is 11.4 Å². The number of fused-ring (bicyclic) bond motifs is 2. The highest BCUT2D eigenvalue weighted by molar-refractivity contribution is 9.10. The van der Waals surface area contributed by atoms with E-state index < -0.39 is 11.6 Å². The van der Waals surface area contributed by atoms with Crippen molar-refractivity contribution in [2.75, 3.05) is 0 Å². The molecular formula is C19H16BrFN2O2. The monoisotopic (exact) mass is 402 g/mol. The Morgan fingerprint density at radius 1 is 1.20 bits per heavy atom. The minimum Gasteiger partial charge on any atom is -0.319 e. The zero-order chi connectivity index (χ0) is 17.6. The number of hydrogen-bond acceptors (Lipinski definition) is 2. The number of urea groups is 1. The quantitative estimate of drug-likeness (QED) is 0.775. The van der Waals surface area contributed by atoms with Gasteiger partial charge in [-0.15, -0.1) is 0 Å². The highest BCUT2D eigenvalue weighted by Gasteiger charge is 2.53. The first kappa shape index (κ1) is 16.3. The minimum absolute atomic E-state index is 0.107. The SMILES string of the molecule is O=C1NC2(CCCc3ccccc32)C(=O)N1Cc1ccc(F)cc1Br. The van der Waals surface area contributed by atoms with E-state index in [4.69, 9.17) is 0 Å². The standard InChI is InChI=1S/C19H16BrFN2O2/c20-16-10-14(21)8-7-13(16)11-23-17(24)19(22-18(23)25)9-3-5-12-4-1-2-6-15(12)19/h1-2,4,6-8,10H,3,5,9,11H2,(H,22,25). The number of carbonyl (C=O) groups excluding carboxylic acids is 2. The predicted molar refractivity (Wildman–Crippen MR) is 94.2 cm³/mol. The Kier molecular flexibility index (Phi) is 3.87. The fourth-order valence-electron chi connectivity index (χ4n) is 3.78. The van der Waals surface area contributed by atoms with Crippen LogP contribution in [0.2, 0.25) is 0 Å². The summed E-state index contributed by atoms with van der Waals surface area (Å²) < 4.78 is 13.8. The maximum absolute atomic E-state index is 13.3. The van der Waals surface area contributed by atoms with E-state index in [1.165, 1.54) is 17.0 Å². The normalized spacial score (nSPS) is 22.2. The minimum atomic E-state index is -0.974. The Bertz CT molecular complexity index is 885. The van der Waals surface area contributed by atoms with Gasteiger partial charge in [-0.2, -0.15) is 0 Å². The molecule has 0 aromatic heterocycles. The molecule has 1 N–H and O–H groups in total. The molecule has 0 saturated carbocycles. The van der Waals surface area contributed by atoms with Crippen molar-refractivity contribution in [3.63, 3.8) is 0 Å². The van der Waals surface area contributed by atoms with E-state index in [0.29, 0.717) is 16.5 Å². The molecule has 2 aromatic rings. The fraction of sp³-hybridized carbons (Fsp3) is 0.263. The second-order valence-electron chi connectivity index (χ2n) is 6.47. The number of nitrogens with zero attached hydrogens (tertiary/aromatic N) is 1. The number of halogens is 2. The molecule has 3 amide bonds. The number of rotatable bonds is 2. The summed E-state index contributed by atoms with van der Waals surface area (Å²) in [7, 11) is 0. The first-order valence-electron chi connectivity index (χ1n) is 8.18. The summed E-state index contributed by atoms with van der Waals surface area (Å²) in [6, 6.07) is 11.6. The molecule has 128 valence electrons. The molecule has 1 spiro atoms. The van der Waals surface area contributed by atoms with Crippen LogP contribution >= 0.6 is 15.9 Å². The molecule has 1 unspecified atom stereocenters. The molecule has 1 heterocycles. The summed E-state index contributed by atoms with van der Waals surface area (Å²) in [5, 5.41) is 2.92. The second-order valence-corrected chi connectivity index (χ2v) is 7.33. The smallest absolute Gasteiger partial charge is 0.319 e. The van der Waals surface area contributed by atoms with E-state index >= 15 is 0 Å². The van der Waals surface area contributed by atoms with Crippen LogP contribution in [0, 0.1) is 5.82 Å². The van der Waals surface area contributed by atoms with Gasteiger partial charge >= 0.3 is 6.03 Å². The molecule has 1 atom stereocenters. The lowest BCUT2D eigenvalue weighted by molar-refractivity contribution is -0.132. The average molecular weight is 403 g/mol. The first-order chi connectivity index (χ1) is 12.0. The van der Waals surface area contributed by atoms with Crippen molar-refractivity contribution in [1.82, 2.24) is 10.2 Å². The largest absolute Gasteiger partial charge is 0.325 e. The number of aryl methyl sites for hydroxylation is 1. The Labute approximate surface area is 153 Å². The number of imide groups is 1. The Balaban J connectivity index is 1.70. The molecule has 1 aliphatic carbocycles. The van der Waals surface area contributed by atoms with Crippen LogP contribution in [-0.2, 0) is 23.3 Å². The Hall–Kier alpha value is -2.21. The van der Waals surface area contributed by atoms with Crippen LogP contribution in [0.3, 0.4) is 0 Å². The van der Waals surface area contributed by atoms with Crippen LogP contribution in [0.4, 0.5) is 9.18 Å². The molecule has 0 radical (unpaired) electrons. The van der Waals surface area contributed by atoms with Gasteiger partial charge in [0.05, 0.1) is 6.54 Å². The number of amides is 3. The predicted octanol–water partition coefficient (Wildman–Crippen LogP) is 3.87. The van der Waals surface area contributed by atoms with Crippen LogP contribution in [0.5, 0.6) is 0 Å². The topological polar surface area (TPSA) is 49.4 Å². The molecule has 4 nitrogen and oxygen atoms in total. The summed E-state index contributed by atoms with van der Waals surface area (Å²) >= 11 is 3.30. The fourth-order valence-corrected chi connectivity index (χ4v) is 4.25. The lowest BCUT2D eigenvalue weighted by Gasteiger charge is -2.33. The van der Waals surface area contributed by atoms with E-state index in [2.05, 4.69) is 21.2 Å². The third-order valence-corrected chi connectivity index (χ3v) is 5.73. The highest BCUT2D eigenvalue weighted by atomic mass is 79.9. The molecular weight excluding hydrogens is 387 g/mol. The van der Waals surface area contributed by atoms with Crippen LogP contribution < -0.4 is 5.32 Å².